The number of methoxy groups -OCH3 is 1. The Morgan fingerprint density at radius 3 is 2.53 bits per heavy atom. The van der Waals surface area contributed by atoms with E-state index in [1.807, 2.05) is 13.8 Å². The van der Waals surface area contributed by atoms with Crippen LogP contribution in [-0.4, -0.2) is 104 Å². The van der Waals surface area contributed by atoms with E-state index in [9.17, 15) is 23.1 Å². The fraction of sp³-hybridized carbons (Fsp3) is 0.500. The van der Waals surface area contributed by atoms with Crippen molar-refractivity contribution in [3.05, 3.63) is 60.6 Å². The van der Waals surface area contributed by atoms with Crippen LogP contribution in [0.1, 0.15) is 50.4 Å². The zero-order valence-electron chi connectivity index (χ0n) is 29.0. The van der Waals surface area contributed by atoms with E-state index in [1.165, 1.54) is 28.1 Å². The van der Waals surface area contributed by atoms with E-state index in [0.29, 0.717) is 30.2 Å². The number of urea groups is 1. The van der Waals surface area contributed by atoms with Gasteiger partial charge in [0.05, 0.1) is 43.9 Å². The molecule has 0 fully saturated rings. The number of nitrogens with zero attached hydrogens (tertiary/aromatic N) is 4. The Balaban J connectivity index is 1.60. The number of ether oxygens (including phenoxy) is 3. The van der Waals surface area contributed by atoms with Gasteiger partial charge in [-0.15, -0.1) is 0 Å². The number of likely N-dealkylation sites (N-methyl/N-ethyl adjacent to an activating group) is 1. The molecule has 49 heavy (non-hydrogen) atoms. The SMILES string of the molecule is COc1ccc(NC(=O)N(C)C[C@H]2OCCCC[C@@H](C)Oc3ccc(NS(=O)(=O)c4cn(C)cn4)cc3C(=O)N([C@@H](C)CO)C[C@@H]2C)cc1. The minimum atomic E-state index is -4.04. The number of aryl methyl sites for hydroxylation is 1. The van der Waals surface area contributed by atoms with E-state index in [-0.39, 0.29) is 54.0 Å². The second-order valence-electron chi connectivity index (χ2n) is 12.5. The lowest BCUT2D eigenvalue weighted by atomic mass is 10.0. The van der Waals surface area contributed by atoms with Crippen LogP contribution in [0.2, 0.25) is 0 Å². The first kappa shape index (κ1) is 37.5. The molecule has 3 amide bonds. The van der Waals surface area contributed by atoms with Crippen LogP contribution in [0, 0.1) is 5.92 Å². The Hall–Kier alpha value is -4.34. The molecule has 0 unspecified atom stereocenters. The molecule has 0 saturated carbocycles. The van der Waals surface area contributed by atoms with Gasteiger partial charge in [0.15, 0.2) is 5.03 Å². The van der Waals surface area contributed by atoms with Gasteiger partial charge in [0.2, 0.25) is 0 Å². The van der Waals surface area contributed by atoms with E-state index >= 15 is 0 Å². The molecular weight excluding hydrogens is 652 g/mol. The third kappa shape index (κ3) is 10.1. The molecule has 0 spiro atoms. The summed E-state index contributed by atoms with van der Waals surface area (Å²) < 4.78 is 47.9. The van der Waals surface area contributed by atoms with Gasteiger partial charge < -0.3 is 39.0 Å². The average molecular weight is 701 g/mol. The maximum atomic E-state index is 14.4. The molecule has 3 aromatic rings. The van der Waals surface area contributed by atoms with Gasteiger partial charge in [0, 0.05) is 57.3 Å². The van der Waals surface area contributed by atoms with Gasteiger partial charge in [-0.2, -0.15) is 8.42 Å². The number of aromatic nitrogens is 2. The molecule has 0 aliphatic carbocycles. The standard InChI is InChI=1S/C34H48N6O8S/c1-23-18-40(24(2)21-41)33(42)29-17-27(37-49(44,45)32-20-38(4)22-35-32)12-15-30(29)48-25(3)9-7-8-16-47-31(23)19-39(5)34(43)36-26-10-13-28(46-6)14-11-26/h10-15,17,20,22-25,31,37,41H,7-9,16,18-19,21H2,1-6H3,(H,36,43)/t23-,24-,25+,31+/m0/s1. The number of aliphatic hydroxyl groups is 1. The zero-order valence-corrected chi connectivity index (χ0v) is 29.8. The quantitative estimate of drug-likeness (QED) is 0.297. The van der Waals surface area contributed by atoms with Gasteiger partial charge in [-0.25, -0.2) is 9.78 Å². The molecule has 2 heterocycles. The molecule has 4 atom stereocenters. The summed E-state index contributed by atoms with van der Waals surface area (Å²) in [4.78, 5) is 34.5. The summed E-state index contributed by atoms with van der Waals surface area (Å²) in [5, 5.41) is 12.9. The number of hydrogen-bond acceptors (Lipinski definition) is 9. The largest absolute Gasteiger partial charge is 0.497 e. The molecule has 0 radical (unpaired) electrons. The van der Waals surface area contributed by atoms with Crippen molar-refractivity contribution < 1.29 is 37.3 Å². The molecule has 1 aliphatic rings. The van der Waals surface area contributed by atoms with Crippen molar-refractivity contribution in [3.8, 4) is 11.5 Å². The molecule has 1 aliphatic heterocycles. The van der Waals surface area contributed by atoms with E-state index in [0.717, 1.165) is 12.8 Å². The summed E-state index contributed by atoms with van der Waals surface area (Å²) in [6.45, 7) is 6.14. The third-order valence-electron chi connectivity index (χ3n) is 8.40. The number of sulfonamides is 1. The number of nitrogens with one attached hydrogen (secondary N) is 2. The molecule has 2 aromatic carbocycles. The number of fused-ring (bicyclic) bond motifs is 1. The summed E-state index contributed by atoms with van der Waals surface area (Å²) in [7, 11) is 0.885. The van der Waals surface area contributed by atoms with Crippen molar-refractivity contribution in [2.45, 2.75) is 63.3 Å². The predicted molar refractivity (Wildman–Crippen MR) is 186 cm³/mol. The van der Waals surface area contributed by atoms with Crippen LogP contribution >= 0.6 is 0 Å². The smallest absolute Gasteiger partial charge is 0.321 e. The number of amides is 3. The van der Waals surface area contributed by atoms with Gasteiger partial charge in [0.25, 0.3) is 15.9 Å². The number of benzene rings is 2. The summed E-state index contributed by atoms with van der Waals surface area (Å²) in [5.41, 5.74) is 0.916. The van der Waals surface area contributed by atoms with Gasteiger partial charge >= 0.3 is 6.03 Å². The lowest BCUT2D eigenvalue weighted by molar-refractivity contribution is -0.0115. The van der Waals surface area contributed by atoms with Crippen molar-refractivity contribution in [2.24, 2.45) is 13.0 Å². The Bertz CT molecular complexity index is 1660. The van der Waals surface area contributed by atoms with Crippen LogP contribution in [0.5, 0.6) is 11.5 Å². The molecule has 3 N–H and O–H groups in total. The van der Waals surface area contributed by atoms with Crippen molar-refractivity contribution in [1.29, 1.82) is 0 Å². The van der Waals surface area contributed by atoms with Crippen molar-refractivity contribution in [1.82, 2.24) is 19.4 Å². The Morgan fingerprint density at radius 2 is 1.88 bits per heavy atom. The molecule has 1 aromatic heterocycles. The summed E-state index contributed by atoms with van der Waals surface area (Å²) >= 11 is 0. The average Bonchev–Trinajstić information content (AvgIpc) is 3.53. The molecule has 4 rings (SSSR count). The molecule has 15 heteroatoms. The van der Waals surface area contributed by atoms with E-state index in [1.54, 1.807) is 69.4 Å². The monoisotopic (exact) mass is 700 g/mol. The van der Waals surface area contributed by atoms with Crippen LogP contribution in [-0.2, 0) is 21.8 Å². The maximum Gasteiger partial charge on any atom is 0.321 e. The number of anilines is 2. The van der Waals surface area contributed by atoms with Crippen molar-refractivity contribution in [3.63, 3.8) is 0 Å². The van der Waals surface area contributed by atoms with Crippen LogP contribution < -0.4 is 19.5 Å². The highest BCUT2D eigenvalue weighted by atomic mass is 32.2. The number of hydrogen-bond donors (Lipinski definition) is 3. The van der Waals surface area contributed by atoms with Gasteiger partial charge in [-0.1, -0.05) is 6.92 Å². The highest BCUT2D eigenvalue weighted by molar-refractivity contribution is 7.92. The number of rotatable bonds is 9. The van der Waals surface area contributed by atoms with Gasteiger partial charge in [-0.3, -0.25) is 9.52 Å². The Kier molecular flexibility index (Phi) is 12.9. The van der Waals surface area contributed by atoms with Crippen LogP contribution in [0.4, 0.5) is 16.2 Å². The number of imidazole rings is 1. The van der Waals surface area contributed by atoms with Gasteiger partial charge in [0.1, 0.15) is 11.5 Å². The zero-order chi connectivity index (χ0) is 35.7. The molecular formula is C34H48N6O8S. The number of aliphatic hydroxyl groups excluding tert-OH is 1. The first-order valence-electron chi connectivity index (χ1n) is 16.3. The first-order valence-corrected chi connectivity index (χ1v) is 17.8. The van der Waals surface area contributed by atoms with E-state index in [4.69, 9.17) is 14.2 Å². The maximum absolute atomic E-state index is 14.4. The van der Waals surface area contributed by atoms with E-state index < -0.39 is 28.1 Å². The molecule has 268 valence electrons. The van der Waals surface area contributed by atoms with Crippen LogP contribution in [0.15, 0.2) is 60.0 Å². The predicted octanol–water partition coefficient (Wildman–Crippen LogP) is 4.19. The lowest BCUT2D eigenvalue weighted by Crippen LogP contribution is -2.48. The molecule has 0 saturated heterocycles. The van der Waals surface area contributed by atoms with Crippen LogP contribution in [0.3, 0.4) is 0 Å². The third-order valence-corrected chi connectivity index (χ3v) is 9.67. The molecule has 14 nitrogen and oxygen atoms in total. The van der Waals surface area contributed by atoms with Gasteiger partial charge in [-0.05, 0) is 75.6 Å². The Labute approximate surface area is 288 Å². The normalized spacial score (nSPS) is 19.9. The first-order chi connectivity index (χ1) is 23.3. The fourth-order valence-electron chi connectivity index (χ4n) is 5.43. The second kappa shape index (κ2) is 16.9. The number of carbonyl (C=O) groups is 2. The molecule has 0 bridgehead atoms. The van der Waals surface area contributed by atoms with Crippen molar-refractivity contribution in [2.75, 3.05) is 50.5 Å². The minimum absolute atomic E-state index is 0.145. The highest BCUT2D eigenvalue weighted by Gasteiger charge is 2.31. The minimum Gasteiger partial charge on any atom is -0.497 e. The fourth-order valence-corrected chi connectivity index (χ4v) is 6.46. The summed E-state index contributed by atoms with van der Waals surface area (Å²) in [5.74, 6) is 0.262. The lowest BCUT2D eigenvalue weighted by Gasteiger charge is -2.35. The number of carbonyl (C=O) groups excluding carboxylic acids is 2. The Morgan fingerprint density at radius 1 is 1.16 bits per heavy atom. The van der Waals surface area contributed by atoms with Crippen LogP contribution in [0.25, 0.3) is 0 Å². The summed E-state index contributed by atoms with van der Waals surface area (Å²) in [6.07, 6.45) is 4.31. The summed E-state index contributed by atoms with van der Waals surface area (Å²) in [6, 6.07) is 10.7. The topological polar surface area (TPSA) is 165 Å². The van der Waals surface area contributed by atoms with Crippen molar-refractivity contribution >= 4 is 33.3 Å². The van der Waals surface area contributed by atoms with E-state index in [2.05, 4.69) is 15.0 Å². The second-order valence-corrected chi connectivity index (χ2v) is 14.2. The highest BCUT2D eigenvalue weighted by Crippen LogP contribution is 2.29.